The maximum Gasteiger partial charge on any atom is 0.406 e. The largest absolute Gasteiger partial charge is 0.486 e. The van der Waals surface area contributed by atoms with Gasteiger partial charge in [-0.3, -0.25) is 5.32 Å². The van der Waals surface area contributed by atoms with Crippen molar-refractivity contribution in [1.29, 1.82) is 0 Å². The van der Waals surface area contributed by atoms with Crippen LogP contribution in [0.15, 0.2) is 18.2 Å². The van der Waals surface area contributed by atoms with Crippen LogP contribution in [0.5, 0.6) is 11.5 Å². The maximum absolute atomic E-state index is 12.8. The number of hydrogen-bond donors (Lipinski definition) is 1. The molecule has 0 bridgehead atoms. The van der Waals surface area contributed by atoms with Crippen LogP contribution in [0.2, 0.25) is 0 Å². The molecule has 0 radical (unpaired) electrons. The van der Waals surface area contributed by atoms with E-state index in [-0.39, 0.29) is 19.4 Å². The van der Waals surface area contributed by atoms with Crippen molar-refractivity contribution in [2.45, 2.75) is 31.1 Å². The number of nitrogens with one attached hydrogen (secondary N) is 1. The van der Waals surface area contributed by atoms with Crippen LogP contribution in [0.4, 0.5) is 13.2 Å². The molecule has 0 atom stereocenters. The molecule has 1 aromatic carbocycles. The molecule has 1 fully saturated rings. The lowest BCUT2D eigenvalue weighted by molar-refractivity contribution is -0.166. The number of alkyl halides is 3. The quantitative estimate of drug-likeness (QED) is 0.918. The summed E-state index contributed by atoms with van der Waals surface area (Å²) >= 11 is 0. The first-order chi connectivity index (χ1) is 9.00. The summed E-state index contributed by atoms with van der Waals surface area (Å²) in [6, 6.07) is 5.22. The summed E-state index contributed by atoms with van der Waals surface area (Å²) in [5.41, 5.74) is -0.917. The lowest BCUT2D eigenvalue weighted by Gasteiger charge is -2.22. The third-order valence-corrected chi connectivity index (χ3v) is 3.53. The van der Waals surface area contributed by atoms with Gasteiger partial charge in [-0.25, -0.2) is 0 Å². The van der Waals surface area contributed by atoms with Gasteiger partial charge in [-0.2, -0.15) is 13.2 Å². The molecule has 1 aliphatic carbocycles. The van der Waals surface area contributed by atoms with E-state index in [1.807, 2.05) is 0 Å². The van der Waals surface area contributed by atoms with Gasteiger partial charge in [0.25, 0.3) is 0 Å². The summed E-state index contributed by atoms with van der Waals surface area (Å²) < 4.78 is 49.1. The van der Waals surface area contributed by atoms with Crippen LogP contribution in [0.3, 0.4) is 0 Å². The monoisotopic (exact) mass is 273 g/mol. The van der Waals surface area contributed by atoms with E-state index in [0.29, 0.717) is 24.7 Å². The third-order valence-electron chi connectivity index (χ3n) is 3.53. The lowest BCUT2D eigenvalue weighted by atomic mass is 10.1. The molecule has 3 nitrogen and oxygen atoms in total. The Balaban J connectivity index is 1.68. The summed E-state index contributed by atoms with van der Waals surface area (Å²) in [6.07, 6.45) is -3.87. The summed E-state index contributed by atoms with van der Waals surface area (Å²) in [7, 11) is 0. The van der Waals surface area contributed by atoms with E-state index in [1.165, 1.54) is 0 Å². The van der Waals surface area contributed by atoms with Crippen molar-refractivity contribution in [3.63, 3.8) is 0 Å². The SMILES string of the molecule is FC(F)(F)C1(NCc2ccc3c(c2)OCCO3)CC1. The molecular weight excluding hydrogens is 259 g/mol. The van der Waals surface area contributed by atoms with Crippen LogP contribution in [0, 0.1) is 0 Å². The van der Waals surface area contributed by atoms with Crippen molar-refractivity contribution < 1.29 is 22.6 Å². The number of hydrogen-bond acceptors (Lipinski definition) is 3. The Labute approximate surface area is 108 Å². The average Bonchev–Trinajstić information content (AvgIpc) is 3.17. The molecule has 0 unspecified atom stereocenters. The second-order valence-corrected chi connectivity index (χ2v) is 4.91. The fourth-order valence-electron chi connectivity index (χ4n) is 2.15. The highest BCUT2D eigenvalue weighted by molar-refractivity contribution is 5.43. The summed E-state index contributed by atoms with van der Waals surface area (Å²) in [4.78, 5) is 0. The molecule has 1 heterocycles. The third kappa shape index (κ3) is 2.36. The normalized spacial score (nSPS) is 20.2. The molecule has 0 saturated heterocycles. The van der Waals surface area contributed by atoms with Gasteiger partial charge in [0.2, 0.25) is 0 Å². The summed E-state index contributed by atoms with van der Waals surface area (Å²) in [5.74, 6) is 1.24. The van der Waals surface area contributed by atoms with E-state index < -0.39 is 11.7 Å². The molecule has 6 heteroatoms. The fourth-order valence-corrected chi connectivity index (χ4v) is 2.15. The molecule has 0 aromatic heterocycles. The minimum absolute atomic E-state index is 0.154. The van der Waals surface area contributed by atoms with Crippen LogP contribution >= 0.6 is 0 Å². The van der Waals surface area contributed by atoms with Gasteiger partial charge >= 0.3 is 6.18 Å². The molecule has 1 saturated carbocycles. The van der Waals surface area contributed by atoms with Crippen molar-refractivity contribution in [2.75, 3.05) is 13.2 Å². The van der Waals surface area contributed by atoms with Crippen LogP contribution in [0.1, 0.15) is 18.4 Å². The van der Waals surface area contributed by atoms with Gasteiger partial charge in [0.05, 0.1) is 0 Å². The zero-order chi connectivity index (χ0) is 13.5. The number of halogens is 3. The van der Waals surface area contributed by atoms with Gasteiger partial charge in [-0.1, -0.05) is 6.07 Å². The summed E-state index contributed by atoms with van der Waals surface area (Å²) in [6.45, 7) is 1.15. The van der Waals surface area contributed by atoms with E-state index in [0.717, 1.165) is 5.56 Å². The molecule has 104 valence electrons. The van der Waals surface area contributed by atoms with Crippen LogP contribution < -0.4 is 14.8 Å². The highest BCUT2D eigenvalue weighted by Gasteiger charge is 2.62. The first-order valence-electron chi connectivity index (χ1n) is 6.20. The van der Waals surface area contributed by atoms with Crippen molar-refractivity contribution in [2.24, 2.45) is 0 Å². The van der Waals surface area contributed by atoms with Gasteiger partial charge in [0, 0.05) is 6.54 Å². The maximum atomic E-state index is 12.8. The van der Waals surface area contributed by atoms with E-state index in [9.17, 15) is 13.2 Å². The van der Waals surface area contributed by atoms with Crippen LogP contribution in [0.25, 0.3) is 0 Å². The zero-order valence-electron chi connectivity index (χ0n) is 10.2. The Morgan fingerprint density at radius 2 is 1.79 bits per heavy atom. The van der Waals surface area contributed by atoms with Gasteiger partial charge in [-0.15, -0.1) is 0 Å². The number of fused-ring (bicyclic) bond motifs is 1. The highest BCUT2D eigenvalue weighted by atomic mass is 19.4. The van der Waals surface area contributed by atoms with Gasteiger partial charge < -0.3 is 9.47 Å². The molecule has 1 aromatic rings. The zero-order valence-corrected chi connectivity index (χ0v) is 10.2. The Kier molecular flexibility index (Phi) is 2.85. The van der Waals surface area contributed by atoms with E-state index in [2.05, 4.69) is 5.32 Å². The minimum atomic E-state index is -4.18. The smallest absolute Gasteiger partial charge is 0.406 e. The predicted octanol–water partition coefficient (Wildman–Crippen LogP) is 2.64. The molecule has 1 aliphatic heterocycles. The molecular formula is C13H14F3NO2. The Bertz CT molecular complexity index is 483. The molecule has 2 aliphatic rings. The predicted molar refractivity (Wildman–Crippen MR) is 62.3 cm³/mol. The molecule has 19 heavy (non-hydrogen) atoms. The lowest BCUT2D eigenvalue weighted by Crippen LogP contribution is -2.44. The Morgan fingerprint density at radius 3 is 2.42 bits per heavy atom. The standard InChI is InChI=1S/C13H14F3NO2/c14-13(15,16)12(3-4-12)17-8-9-1-2-10-11(7-9)19-6-5-18-10/h1-2,7,17H,3-6,8H2. The van der Waals surface area contributed by atoms with Crippen molar-refractivity contribution >= 4 is 0 Å². The molecule has 1 N–H and O–H groups in total. The average molecular weight is 273 g/mol. The molecule has 0 spiro atoms. The van der Waals surface area contributed by atoms with Gasteiger partial charge in [0.1, 0.15) is 18.8 Å². The highest BCUT2D eigenvalue weighted by Crippen LogP contribution is 2.49. The van der Waals surface area contributed by atoms with E-state index in [4.69, 9.17) is 9.47 Å². The first kappa shape index (κ1) is 12.6. The first-order valence-corrected chi connectivity index (χ1v) is 6.20. The van der Waals surface area contributed by atoms with Crippen LogP contribution in [-0.2, 0) is 6.54 Å². The molecule has 0 amide bonds. The number of rotatable bonds is 3. The van der Waals surface area contributed by atoms with Crippen molar-refractivity contribution in [3.05, 3.63) is 23.8 Å². The second kappa shape index (κ2) is 4.30. The number of benzene rings is 1. The molecule has 3 rings (SSSR count). The number of ether oxygens (including phenoxy) is 2. The fraction of sp³-hybridized carbons (Fsp3) is 0.538. The van der Waals surface area contributed by atoms with E-state index >= 15 is 0 Å². The van der Waals surface area contributed by atoms with E-state index in [1.54, 1.807) is 18.2 Å². The second-order valence-electron chi connectivity index (χ2n) is 4.91. The van der Waals surface area contributed by atoms with Crippen LogP contribution in [-0.4, -0.2) is 24.9 Å². The summed E-state index contributed by atoms with van der Waals surface area (Å²) in [5, 5.41) is 2.61. The van der Waals surface area contributed by atoms with Crippen molar-refractivity contribution in [1.82, 2.24) is 5.32 Å². The Morgan fingerprint density at radius 1 is 1.11 bits per heavy atom. The van der Waals surface area contributed by atoms with Gasteiger partial charge in [0.15, 0.2) is 11.5 Å². The topological polar surface area (TPSA) is 30.5 Å². The Hall–Kier alpha value is -1.43. The van der Waals surface area contributed by atoms with Crippen molar-refractivity contribution in [3.8, 4) is 11.5 Å². The minimum Gasteiger partial charge on any atom is -0.486 e. The van der Waals surface area contributed by atoms with Gasteiger partial charge in [-0.05, 0) is 30.5 Å².